The van der Waals surface area contributed by atoms with Crippen molar-refractivity contribution in [2.45, 2.75) is 78.4 Å². The first kappa shape index (κ1) is 35.9. The van der Waals surface area contributed by atoms with Gasteiger partial charge in [0, 0.05) is 21.7 Å². The van der Waals surface area contributed by atoms with Crippen LogP contribution in [-0.4, -0.2) is 62.1 Å². The van der Waals surface area contributed by atoms with Crippen LogP contribution in [0.15, 0.2) is 53.9 Å². The lowest BCUT2D eigenvalue weighted by Crippen LogP contribution is -2.26. The lowest BCUT2D eigenvalue weighted by atomic mass is 9.85. The van der Waals surface area contributed by atoms with Gasteiger partial charge in [-0.05, 0) is 60.9 Å². The smallest absolute Gasteiger partial charge is 0.420 e. The number of aryl methyl sites for hydroxylation is 1. The molecule has 1 atom stereocenters. The Labute approximate surface area is 266 Å². The minimum Gasteiger partial charge on any atom is -0.493 e. The van der Waals surface area contributed by atoms with Gasteiger partial charge in [-0.25, -0.2) is 14.8 Å². The molecule has 1 aliphatic carbocycles. The first-order valence-electron chi connectivity index (χ1n) is 15.3. The zero-order chi connectivity index (χ0) is 33.6. The molecule has 0 N–H and O–H groups in total. The molecule has 0 amide bonds. The molecule has 45 heavy (non-hydrogen) atoms. The van der Waals surface area contributed by atoms with Crippen LogP contribution in [0.2, 0.25) is 25.7 Å². The van der Waals surface area contributed by atoms with Crippen molar-refractivity contribution in [2.24, 2.45) is 10.4 Å². The molecule has 2 aromatic carbocycles. The molecule has 0 radical (unpaired) electrons. The van der Waals surface area contributed by atoms with Crippen molar-refractivity contribution in [3.05, 3.63) is 76.9 Å². The normalized spacial score (nSPS) is 15.8. The Kier molecular flexibility index (Phi) is 11.7. The first-order valence-corrected chi connectivity index (χ1v) is 19.0. The molecule has 246 valence electrons. The number of ether oxygens (including phenoxy) is 2. The van der Waals surface area contributed by atoms with E-state index in [1.54, 1.807) is 24.3 Å². The number of hydrogen-bond acceptors (Lipinski definition) is 5. The van der Waals surface area contributed by atoms with Gasteiger partial charge in [0.15, 0.2) is 0 Å². The molecule has 0 bridgehead atoms. The molecule has 1 aliphatic rings. The number of nitrogens with zero attached hydrogens (tertiary/aromatic N) is 4. The Balaban J connectivity index is 0.000000250. The second kappa shape index (κ2) is 14.7. The third-order valence-electron chi connectivity index (χ3n) is 7.90. The maximum atomic E-state index is 13.4. The minimum atomic E-state index is -4.47. The van der Waals surface area contributed by atoms with E-state index >= 15 is 0 Å². The van der Waals surface area contributed by atoms with E-state index in [1.165, 1.54) is 30.6 Å². The Bertz CT molecular complexity index is 1480. The third kappa shape index (κ3) is 9.45. The molecule has 1 heterocycles. The van der Waals surface area contributed by atoms with Gasteiger partial charge in [-0.1, -0.05) is 63.8 Å². The molecule has 0 aliphatic heterocycles. The van der Waals surface area contributed by atoms with Gasteiger partial charge in [0.25, 0.3) is 0 Å². The highest BCUT2D eigenvalue weighted by Crippen LogP contribution is 2.48. The molecule has 3 aromatic rings. The van der Waals surface area contributed by atoms with Gasteiger partial charge in [0.2, 0.25) is 0 Å². The van der Waals surface area contributed by atoms with Crippen LogP contribution < -0.4 is 4.74 Å². The fraction of sp³-hybridized carbons (Fsp3) is 0.500. The van der Waals surface area contributed by atoms with Crippen molar-refractivity contribution in [3.63, 3.8) is 0 Å². The number of halogens is 3. The summed E-state index contributed by atoms with van der Waals surface area (Å²) in [6.07, 6.45) is 2.13. The van der Waals surface area contributed by atoms with Gasteiger partial charge >= 0.3 is 12.1 Å². The Morgan fingerprint density at radius 1 is 1.22 bits per heavy atom. The van der Waals surface area contributed by atoms with Gasteiger partial charge in [-0.15, -0.1) is 0 Å². The number of imidazole rings is 1. The quantitative estimate of drug-likeness (QED) is 0.0727. The van der Waals surface area contributed by atoms with E-state index in [-0.39, 0.29) is 23.2 Å². The SMILES string of the molecule is CCN(C)C=Nc1cc(C(F)(F)F)c(OCCC[Si](C)(C)C)cc1C.COC(=O)c1cncn1C1c2ccccc2CC1(C)C. The van der Waals surface area contributed by atoms with Crippen LogP contribution in [0.5, 0.6) is 5.75 Å². The highest BCUT2D eigenvalue weighted by atomic mass is 28.3. The average molecular weight is 645 g/mol. The highest BCUT2D eigenvalue weighted by molar-refractivity contribution is 6.76. The summed E-state index contributed by atoms with van der Waals surface area (Å²) in [6.45, 7) is 15.9. The van der Waals surface area contributed by atoms with Crippen molar-refractivity contribution in [2.75, 3.05) is 27.3 Å². The zero-order valence-corrected chi connectivity index (χ0v) is 29.0. The van der Waals surface area contributed by atoms with Crippen molar-refractivity contribution in [3.8, 4) is 5.75 Å². The topological polar surface area (TPSA) is 69.0 Å². The molecule has 0 fully saturated rings. The fourth-order valence-electron chi connectivity index (χ4n) is 5.45. The third-order valence-corrected chi connectivity index (χ3v) is 9.75. The average Bonchev–Trinajstić information content (AvgIpc) is 3.53. The molecule has 11 heteroatoms. The van der Waals surface area contributed by atoms with Gasteiger partial charge in [-0.2, -0.15) is 13.2 Å². The Hall–Kier alpha value is -3.60. The van der Waals surface area contributed by atoms with Crippen LogP contribution in [0.3, 0.4) is 0 Å². The number of aliphatic imine (C=N–C) groups is 1. The summed E-state index contributed by atoms with van der Waals surface area (Å²) in [5.41, 5.74) is 3.34. The summed E-state index contributed by atoms with van der Waals surface area (Å²) in [5, 5.41) is 0. The number of hydrogen-bond donors (Lipinski definition) is 0. The zero-order valence-electron chi connectivity index (χ0n) is 28.0. The van der Waals surface area contributed by atoms with E-state index in [2.05, 4.69) is 61.7 Å². The van der Waals surface area contributed by atoms with Crippen LogP contribution in [0.1, 0.15) is 66.0 Å². The maximum absolute atomic E-state index is 13.4. The van der Waals surface area contributed by atoms with Crippen molar-refractivity contribution < 1.29 is 27.4 Å². The first-order chi connectivity index (χ1) is 21.0. The molecular weight excluding hydrogens is 597 g/mol. The summed E-state index contributed by atoms with van der Waals surface area (Å²) in [6, 6.07) is 12.0. The van der Waals surface area contributed by atoms with Crippen molar-refractivity contribution in [1.82, 2.24) is 14.5 Å². The highest BCUT2D eigenvalue weighted by Gasteiger charge is 2.41. The second-order valence-corrected chi connectivity index (χ2v) is 19.0. The molecule has 1 unspecified atom stereocenters. The van der Waals surface area contributed by atoms with Gasteiger partial charge < -0.3 is 18.9 Å². The second-order valence-electron chi connectivity index (χ2n) is 13.4. The molecular formula is C34H47F3N4O3Si. The number of benzene rings is 2. The van der Waals surface area contributed by atoms with Gasteiger partial charge in [0.05, 0.1) is 49.9 Å². The predicted octanol–water partition coefficient (Wildman–Crippen LogP) is 8.57. The van der Waals surface area contributed by atoms with E-state index in [0.29, 0.717) is 23.6 Å². The van der Waals surface area contributed by atoms with E-state index in [1.807, 2.05) is 24.6 Å². The number of aromatic nitrogens is 2. The van der Waals surface area contributed by atoms with E-state index in [9.17, 15) is 18.0 Å². The number of esters is 1. The lowest BCUT2D eigenvalue weighted by Gasteiger charge is -2.29. The lowest BCUT2D eigenvalue weighted by molar-refractivity contribution is -0.138. The molecule has 0 saturated heterocycles. The van der Waals surface area contributed by atoms with Crippen molar-refractivity contribution >= 4 is 26.1 Å². The number of carbonyl (C=O) groups excluding carboxylic acids is 1. The summed E-state index contributed by atoms with van der Waals surface area (Å²) in [4.78, 5) is 22.0. The van der Waals surface area contributed by atoms with Crippen LogP contribution in [-0.2, 0) is 17.3 Å². The largest absolute Gasteiger partial charge is 0.493 e. The minimum absolute atomic E-state index is 0.0349. The number of fused-ring (bicyclic) bond motifs is 1. The van der Waals surface area contributed by atoms with Crippen LogP contribution >= 0.6 is 0 Å². The van der Waals surface area contributed by atoms with Crippen LogP contribution in [0, 0.1) is 12.3 Å². The standard InChI is InChI=1S/C18H29F3N2OSi.C16H18N2O2/c1-7-23(3)13-22-16-12-15(18(19,20)21)17(11-14(16)2)24-9-8-10-25(4,5)6;1-16(2)8-11-6-4-5-7-12(11)14(16)18-10-17-9-13(18)15(19)20-3/h11-13H,7-10H2,1-6H3;4-7,9-10,14H,8H2,1-3H3. The van der Waals surface area contributed by atoms with E-state index in [4.69, 9.17) is 9.47 Å². The van der Waals surface area contributed by atoms with Gasteiger partial charge in [0.1, 0.15) is 11.4 Å². The van der Waals surface area contributed by atoms with Crippen LogP contribution in [0.25, 0.3) is 0 Å². The van der Waals surface area contributed by atoms with Crippen LogP contribution in [0.4, 0.5) is 18.9 Å². The summed E-state index contributed by atoms with van der Waals surface area (Å²) in [5.74, 6) is -0.453. The van der Waals surface area contributed by atoms with Crippen molar-refractivity contribution in [1.29, 1.82) is 0 Å². The Morgan fingerprint density at radius 2 is 1.91 bits per heavy atom. The molecule has 0 spiro atoms. The maximum Gasteiger partial charge on any atom is 0.420 e. The summed E-state index contributed by atoms with van der Waals surface area (Å²) in [7, 11) is 2.00. The van der Waals surface area contributed by atoms with E-state index in [0.717, 1.165) is 31.5 Å². The number of rotatable bonds is 10. The summed E-state index contributed by atoms with van der Waals surface area (Å²) >= 11 is 0. The Morgan fingerprint density at radius 3 is 2.53 bits per heavy atom. The number of methoxy groups -OCH3 is 1. The number of alkyl halides is 3. The monoisotopic (exact) mass is 644 g/mol. The molecule has 1 aromatic heterocycles. The molecule has 4 rings (SSSR count). The van der Waals surface area contributed by atoms with E-state index < -0.39 is 19.8 Å². The number of carbonyl (C=O) groups is 1. The molecule has 7 nitrogen and oxygen atoms in total. The van der Waals surface area contributed by atoms with Gasteiger partial charge in [-0.3, -0.25) is 0 Å². The molecule has 0 saturated carbocycles. The fourth-order valence-corrected chi connectivity index (χ4v) is 6.65. The summed E-state index contributed by atoms with van der Waals surface area (Å²) < 4.78 is 52.4. The predicted molar refractivity (Wildman–Crippen MR) is 177 cm³/mol.